The second-order valence-corrected chi connectivity index (χ2v) is 7.86. The summed E-state index contributed by atoms with van der Waals surface area (Å²) in [5.41, 5.74) is -0.0593. The fourth-order valence-corrected chi connectivity index (χ4v) is 3.62. The Labute approximate surface area is 134 Å². The number of carbonyl (C=O) groups is 1. The lowest BCUT2D eigenvalue weighted by atomic mass is 9.90. The van der Waals surface area contributed by atoms with Crippen LogP contribution in [0.5, 0.6) is 0 Å². The number of urea groups is 1. The Morgan fingerprint density at radius 3 is 2.68 bits per heavy atom. The van der Waals surface area contributed by atoms with Gasteiger partial charge in [0.05, 0.1) is 0 Å². The zero-order valence-corrected chi connectivity index (χ0v) is 14.2. The highest BCUT2D eigenvalue weighted by molar-refractivity contribution is 5.74. The van der Waals surface area contributed by atoms with Gasteiger partial charge in [-0.25, -0.2) is 4.79 Å². The largest absolute Gasteiger partial charge is 0.396 e. The van der Waals surface area contributed by atoms with Gasteiger partial charge in [-0.2, -0.15) is 0 Å². The first-order valence-corrected chi connectivity index (χ1v) is 8.86. The summed E-state index contributed by atoms with van der Waals surface area (Å²) in [6.07, 6.45) is 7.31. The lowest BCUT2D eigenvalue weighted by molar-refractivity contribution is 0.200. The molecular weight excluding hydrogens is 278 g/mol. The number of nitrogens with zero attached hydrogens (tertiary/aromatic N) is 1. The van der Waals surface area contributed by atoms with Gasteiger partial charge in [0.25, 0.3) is 0 Å². The zero-order valence-electron chi connectivity index (χ0n) is 14.2. The van der Waals surface area contributed by atoms with E-state index in [0.29, 0.717) is 13.0 Å². The van der Waals surface area contributed by atoms with Crippen molar-refractivity contribution in [2.24, 2.45) is 11.3 Å². The predicted molar refractivity (Wildman–Crippen MR) is 88.8 cm³/mol. The maximum atomic E-state index is 12.0. The number of aliphatic hydroxyl groups is 1. The number of hydrogen-bond acceptors (Lipinski definition) is 3. The molecule has 1 aliphatic carbocycles. The van der Waals surface area contributed by atoms with Crippen molar-refractivity contribution in [3.63, 3.8) is 0 Å². The molecule has 2 amide bonds. The molecule has 128 valence electrons. The minimum absolute atomic E-state index is 0.0593. The molecule has 1 atom stereocenters. The van der Waals surface area contributed by atoms with Crippen LogP contribution in [0.4, 0.5) is 4.79 Å². The number of hydrogen-bond donors (Lipinski definition) is 3. The molecule has 0 aromatic carbocycles. The summed E-state index contributed by atoms with van der Waals surface area (Å²) in [6.45, 7) is 8.18. The van der Waals surface area contributed by atoms with Gasteiger partial charge in [-0.1, -0.05) is 26.7 Å². The zero-order chi connectivity index (χ0) is 16.0. The van der Waals surface area contributed by atoms with Crippen LogP contribution in [0.2, 0.25) is 0 Å². The summed E-state index contributed by atoms with van der Waals surface area (Å²) in [7, 11) is 0. The van der Waals surface area contributed by atoms with E-state index in [0.717, 1.165) is 25.4 Å². The molecule has 1 aliphatic heterocycles. The molecule has 0 bridgehead atoms. The molecule has 3 N–H and O–H groups in total. The molecule has 22 heavy (non-hydrogen) atoms. The first kappa shape index (κ1) is 17.5. The molecule has 0 aromatic rings. The third-order valence-corrected chi connectivity index (χ3v) is 5.11. The van der Waals surface area contributed by atoms with E-state index < -0.39 is 0 Å². The standard InChI is InChI=1S/C17H33N3O2/c1-17(2,8-10-21)13-18-16(22)19-15-7-9-20(12-15)11-14-5-3-4-6-14/h14-15,21H,3-13H2,1-2H3,(H2,18,19,22). The molecule has 0 aromatic heterocycles. The van der Waals surface area contributed by atoms with Crippen molar-refractivity contribution in [3.05, 3.63) is 0 Å². The van der Waals surface area contributed by atoms with Crippen LogP contribution in [-0.4, -0.2) is 54.9 Å². The second-order valence-electron chi connectivity index (χ2n) is 7.86. The normalized spacial score (nSPS) is 23.9. The van der Waals surface area contributed by atoms with E-state index >= 15 is 0 Å². The smallest absolute Gasteiger partial charge is 0.315 e. The Hall–Kier alpha value is -0.810. The fourth-order valence-electron chi connectivity index (χ4n) is 3.62. The summed E-state index contributed by atoms with van der Waals surface area (Å²) < 4.78 is 0. The monoisotopic (exact) mass is 311 g/mol. The minimum atomic E-state index is -0.0706. The molecule has 2 fully saturated rings. The molecule has 0 radical (unpaired) electrons. The highest BCUT2D eigenvalue weighted by Crippen LogP contribution is 2.26. The van der Waals surface area contributed by atoms with Gasteiger partial charge in [-0.05, 0) is 37.0 Å². The van der Waals surface area contributed by atoms with Gasteiger partial charge in [0.1, 0.15) is 0 Å². The predicted octanol–water partition coefficient (Wildman–Crippen LogP) is 1.96. The summed E-state index contributed by atoms with van der Waals surface area (Å²) in [6, 6.07) is 0.209. The van der Waals surface area contributed by atoms with Gasteiger partial charge in [-0.15, -0.1) is 0 Å². The molecule has 1 unspecified atom stereocenters. The van der Waals surface area contributed by atoms with Gasteiger partial charge < -0.3 is 20.6 Å². The van der Waals surface area contributed by atoms with Crippen molar-refractivity contribution in [1.29, 1.82) is 0 Å². The van der Waals surface area contributed by atoms with E-state index in [1.165, 1.54) is 32.2 Å². The van der Waals surface area contributed by atoms with Crippen LogP contribution < -0.4 is 10.6 Å². The van der Waals surface area contributed by atoms with Crippen molar-refractivity contribution >= 4 is 6.03 Å². The number of aliphatic hydroxyl groups excluding tert-OH is 1. The van der Waals surface area contributed by atoms with Crippen LogP contribution in [0.15, 0.2) is 0 Å². The van der Waals surface area contributed by atoms with Crippen LogP contribution in [0.1, 0.15) is 52.4 Å². The summed E-state index contributed by atoms with van der Waals surface area (Å²) in [4.78, 5) is 14.5. The van der Waals surface area contributed by atoms with E-state index in [1.807, 2.05) is 0 Å². The molecule has 1 heterocycles. The Morgan fingerprint density at radius 1 is 1.27 bits per heavy atom. The summed E-state index contributed by atoms with van der Waals surface area (Å²) >= 11 is 0. The number of nitrogens with one attached hydrogen (secondary N) is 2. The van der Waals surface area contributed by atoms with Crippen molar-refractivity contribution in [1.82, 2.24) is 15.5 Å². The van der Waals surface area contributed by atoms with Gasteiger partial charge in [-0.3, -0.25) is 0 Å². The molecule has 5 heteroatoms. The Kier molecular flexibility index (Phi) is 6.50. The molecule has 2 aliphatic rings. The van der Waals surface area contributed by atoms with Crippen LogP contribution in [0.3, 0.4) is 0 Å². The average Bonchev–Trinajstić information content (AvgIpc) is 3.09. The lowest BCUT2D eigenvalue weighted by Gasteiger charge is -2.24. The van der Waals surface area contributed by atoms with Crippen molar-refractivity contribution in [3.8, 4) is 0 Å². The lowest BCUT2D eigenvalue weighted by Crippen LogP contribution is -2.46. The first-order valence-electron chi connectivity index (χ1n) is 8.86. The molecule has 5 nitrogen and oxygen atoms in total. The Balaban J connectivity index is 1.63. The maximum Gasteiger partial charge on any atom is 0.315 e. The number of carbonyl (C=O) groups excluding carboxylic acids is 1. The number of likely N-dealkylation sites (tertiary alicyclic amines) is 1. The molecule has 1 saturated heterocycles. The molecule has 1 saturated carbocycles. The van der Waals surface area contributed by atoms with E-state index in [2.05, 4.69) is 29.4 Å². The fraction of sp³-hybridized carbons (Fsp3) is 0.941. The Morgan fingerprint density at radius 2 is 2.00 bits per heavy atom. The first-order chi connectivity index (χ1) is 10.5. The second kappa shape index (κ2) is 8.16. The van der Waals surface area contributed by atoms with E-state index in [4.69, 9.17) is 5.11 Å². The van der Waals surface area contributed by atoms with E-state index in [1.54, 1.807) is 0 Å². The third-order valence-electron chi connectivity index (χ3n) is 5.11. The van der Waals surface area contributed by atoms with Crippen molar-refractivity contribution in [2.45, 2.75) is 58.4 Å². The number of rotatable bonds is 7. The third kappa shape index (κ3) is 5.76. The average molecular weight is 311 g/mol. The van der Waals surface area contributed by atoms with Gasteiger partial charge in [0.2, 0.25) is 0 Å². The van der Waals surface area contributed by atoms with Crippen LogP contribution in [0, 0.1) is 11.3 Å². The van der Waals surface area contributed by atoms with E-state index in [-0.39, 0.29) is 24.1 Å². The Bertz CT molecular complexity index is 354. The topological polar surface area (TPSA) is 64.6 Å². The van der Waals surface area contributed by atoms with Crippen molar-refractivity contribution in [2.75, 3.05) is 32.8 Å². The summed E-state index contributed by atoms with van der Waals surface area (Å²) in [5.74, 6) is 0.881. The molecule has 2 rings (SSSR count). The number of amides is 2. The highest BCUT2D eigenvalue weighted by atomic mass is 16.3. The minimum Gasteiger partial charge on any atom is -0.396 e. The maximum absolute atomic E-state index is 12.0. The van der Waals surface area contributed by atoms with E-state index in [9.17, 15) is 4.79 Å². The van der Waals surface area contributed by atoms with Crippen LogP contribution in [0.25, 0.3) is 0 Å². The summed E-state index contributed by atoms with van der Waals surface area (Å²) in [5, 5.41) is 15.0. The highest BCUT2D eigenvalue weighted by Gasteiger charge is 2.27. The van der Waals surface area contributed by atoms with Gasteiger partial charge in [0, 0.05) is 38.8 Å². The quantitative estimate of drug-likeness (QED) is 0.673. The van der Waals surface area contributed by atoms with Crippen molar-refractivity contribution < 1.29 is 9.90 Å². The van der Waals surface area contributed by atoms with Gasteiger partial charge in [0.15, 0.2) is 0 Å². The molecular formula is C17H33N3O2. The molecule has 0 spiro atoms. The van der Waals surface area contributed by atoms with Crippen LogP contribution >= 0.6 is 0 Å². The SMILES string of the molecule is CC(C)(CCO)CNC(=O)NC1CCN(CC2CCCC2)C1. The van der Waals surface area contributed by atoms with Gasteiger partial charge >= 0.3 is 6.03 Å². The van der Waals surface area contributed by atoms with Crippen LogP contribution in [-0.2, 0) is 0 Å².